The van der Waals surface area contributed by atoms with Crippen LogP contribution in [0.1, 0.15) is 28.6 Å². The number of rotatable bonds is 5. The lowest BCUT2D eigenvalue weighted by atomic mass is 9.95. The second-order valence-corrected chi connectivity index (χ2v) is 7.93. The third-order valence-corrected chi connectivity index (χ3v) is 5.74. The lowest BCUT2D eigenvalue weighted by Gasteiger charge is -2.36. The van der Waals surface area contributed by atoms with Crippen LogP contribution < -0.4 is 5.32 Å². The molecule has 9 heteroatoms. The molecule has 3 aromatic rings. The fraction of sp³-hybridized carbons (Fsp3) is 0.261. The van der Waals surface area contributed by atoms with Crippen molar-refractivity contribution in [3.63, 3.8) is 0 Å². The Bertz CT molecular complexity index is 1120. The smallest absolute Gasteiger partial charge is 0.328 e. The predicted molar refractivity (Wildman–Crippen MR) is 117 cm³/mol. The highest BCUT2D eigenvalue weighted by Crippen LogP contribution is 2.35. The van der Waals surface area contributed by atoms with Crippen molar-refractivity contribution in [1.29, 1.82) is 0 Å². The summed E-state index contributed by atoms with van der Waals surface area (Å²) >= 11 is 5.92. The minimum absolute atomic E-state index is 0.258. The number of hydrogen-bond donors (Lipinski definition) is 2. The van der Waals surface area contributed by atoms with Gasteiger partial charge in [-0.05, 0) is 17.7 Å². The average molecular weight is 457 g/mol. The number of nitrogens with one attached hydrogen (secondary N) is 2. The van der Waals surface area contributed by atoms with E-state index in [1.807, 2.05) is 30.3 Å². The van der Waals surface area contributed by atoms with E-state index in [2.05, 4.69) is 15.3 Å². The normalized spacial score (nSPS) is 16.2. The van der Waals surface area contributed by atoms with Crippen molar-refractivity contribution in [3.8, 4) is 0 Å². The van der Waals surface area contributed by atoms with Crippen LogP contribution in [0.3, 0.4) is 0 Å². The van der Waals surface area contributed by atoms with Crippen molar-refractivity contribution >= 4 is 23.6 Å². The maximum absolute atomic E-state index is 14.8. The number of esters is 1. The third kappa shape index (κ3) is 4.45. The van der Waals surface area contributed by atoms with Crippen LogP contribution in [0.25, 0.3) is 0 Å². The van der Waals surface area contributed by atoms with Crippen LogP contribution in [0.2, 0.25) is 5.02 Å². The van der Waals surface area contributed by atoms with E-state index in [9.17, 15) is 14.0 Å². The number of aromatic amines is 1. The Morgan fingerprint density at radius 3 is 2.81 bits per heavy atom. The SMILES string of the molecule is COC(=O)[C@H](Cc1ccccc1)NC(=O)N1CCc2[nH]cnc2C1c1ccc(Cl)cc1F. The molecular weight excluding hydrogens is 435 g/mol. The van der Waals surface area contributed by atoms with Gasteiger partial charge in [0, 0.05) is 35.7 Å². The molecule has 0 saturated heterocycles. The maximum Gasteiger partial charge on any atom is 0.328 e. The lowest BCUT2D eigenvalue weighted by Crippen LogP contribution is -2.52. The monoisotopic (exact) mass is 456 g/mol. The topological polar surface area (TPSA) is 87.3 Å². The van der Waals surface area contributed by atoms with Crippen molar-refractivity contribution in [2.75, 3.05) is 13.7 Å². The third-order valence-electron chi connectivity index (χ3n) is 5.51. The molecule has 32 heavy (non-hydrogen) atoms. The van der Waals surface area contributed by atoms with Crippen molar-refractivity contribution in [1.82, 2.24) is 20.2 Å². The first-order chi connectivity index (χ1) is 15.5. The van der Waals surface area contributed by atoms with Crippen molar-refractivity contribution in [2.24, 2.45) is 0 Å². The zero-order chi connectivity index (χ0) is 22.7. The summed E-state index contributed by atoms with van der Waals surface area (Å²) in [4.78, 5) is 34.6. The van der Waals surface area contributed by atoms with Crippen LogP contribution in [0, 0.1) is 5.82 Å². The van der Waals surface area contributed by atoms with Crippen LogP contribution in [0.4, 0.5) is 9.18 Å². The van der Waals surface area contributed by atoms with E-state index in [0.29, 0.717) is 18.7 Å². The zero-order valence-electron chi connectivity index (χ0n) is 17.3. The number of nitrogens with zero attached hydrogens (tertiary/aromatic N) is 2. The van der Waals surface area contributed by atoms with E-state index in [1.54, 1.807) is 12.1 Å². The second-order valence-electron chi connectivity index (χ2n) is 7.49. The number of carbonyl (C=O) groups is 2. The molecular formula is C23H22ClFN4O3. The molecule has 2 amide bonds. The van der Waals surface area contributed by atoms with Gasteiger partial charge in [0.25, 0.3) is 0 Å². The Balaban J connectivity index is 1.63. The molecule has 0 spiro atoms. The summed E-state index contributed by atoms with van der Waals surface area (Å²) in [6.45, 7) is 0.312. The van der Waals surface area contributed by atoms with Crippen molar-refractivity contribution < 1.29 is 18.7 Å². The Morgan fingerprint density at radius 2 is 2.09 bits per heavy atom. The number of fused-ring (bicyclic) bond motifs is 1. The Kier molecular flexibility index (Phi) is 6.41. The zero-order valence-corrected chi connectivity index (χ0v) is 18.1. The molecule has 166 valence electrons. The highest BCUT2D eigenvalue weighted by molar-refractivity contribution is 6.30. The molecule has 2 atom stereocenters. The maximum atomic E-state index is 14.8. The molecule has 7 nitrogen and oxygen atoms in total. The molecule has 2 aromatic carbocycles. The van der Waals surface area contributed by atoms with Gasteiger partial charge in [-0.1, -0.05) is 48.0 Å². The summed E-state index contributed by atoms with van der Waals surface area (Å²) in [5.41, 5.74) is 2.54. The molecule has 0 bridgehead atoms. The Labute approximate surface area is 189 Å². The summed E-state index contributed by atoms with van der Waals surface area (Å²) in [6.07, 6.45) is 2.32. The number of aromatic nitrogens is 2. The molecule has 1 aliphatic heterocycles. The minimum Gasteiger partial charge on any atom is -0.467 e. The number of amides is 2. The Hall–Kier alpha value is -3.39. The molecule has 2 N–H and O–H groups in total. The van der Waals surface area contributed by atoms with E-state index in [0.717, 1.165) is 11.3 Å². The first-order valence-electron chi connectivity index (χ1n) is 10.1. The Morgan fingerprint density at radius 1 is 1.31 bits per heavy atom. The van der Waals surface area contributed by atoms with E-state index >= 15 is 0 Å². The van der Waals surface area contributed by atoms with Gasteiger partial charge in [0.05, 0.1) is 19.1 Å². The summed E-state index contributed by atoms with van der Waals surface area (Å²) in [7, 11) is 1.27. The van der Waals surface area contributed by atoms with E-state index in [1.165, 1.54) is 24.4 Å². The van der Waals surface area contributed by atoms with Gasteiger partial charge >= 0.3 is 12.0 Å². The molecule has 0 radical (unpaired) electrons. The number of methoxy groups -OCH3 is 1. The van der Waals surface area contributed by atoms with Gasteiger partial charge in [-0.15, -0.1) is 0 Å². The number of benzene rings is 2. The lowest BCUT2D eigenvalue weighted by molar-refractivity contribution is -0.142. The number of urea groups is 1. The highest BCUT2D eigenvalue weighted by atomic mass is 35.5. The molecule has 0 fully saturated rings. The van der Waals surface area contributed by atoms with Crippen LogP contribution >= 0.6 is 11.6 Å². The first kappa shape index (κ1) is 21.8. The predicted octanol–water partition coefficient (Wildman–Crippen LogP) is 3.64. The summed E-state index contributed by atoms with van der Waals surface area (Å²) in [5.74, 6) is -1.10. The number of halogens is 2. The van der Waals surface area contributed by atoms with Gasteiger partial charge in [-0.2, -0.15) is 0 Å². The van der Waals surface area contributed by atoms with Gasteiger partial charge in [-0.3, -0.25) is 0 Å². The summed E-state index contributed by atoms with van der Waals surface area (Å²) in [6, 6.07) is 11.5. The van der Waals surface area contributed by atoms with Gasteiger partial charge in [0.1, 0.15) is 17.9 Å². The molecule has 0 saturated carbocycles. The van der Waals surface area contributed by atoms with Crippen LogP contribution in [-0.4, -0.2) is 46.6 Å². The van der Waals surface area contributed by atoms with Crippen molar-refractivity contribution in [3.05, 3.63) is 88.2 Å². The van der Waals surface area contributed by atoms with Crippen molar-refractivity contribution in [2.45, 2.75) is 24.9 Å². The minimum atomic E-state index is -0.897. The molecule has 0 aliphatic carbocycles. The van der Waals surface area contributed by atoms with E-state index in [-0.39, 0.29) is 17.0 Å². The first-order valence-corrected chi connectivity index (χ1v) is 10.5. The quantitative estimate of drug-likeness (QED) is 0.574. The van der Waals surface area contributed by atoms with E-state index in [4.69, 9.17) is 16.3 Å². The fourth-order valence-corrected chi connectivity index (χ4v) is 4.11. The number of ether oxygens (including phenoxy) is 1. The number of hydrogen-bond acceptors (Lipinski definition) is 4. The molecule has 2 heterocycles. The van der Waals surface area contributed by atoms with Crippen LogP contribution in [0.5, 0.6) is 0 Å². The number of H-pyrrole nitrogens is 1. The van der Waals surface area contributed by atoms with Gasteiger partial charge < -0.3 is 19.9 Å². The fourth-order valence-electron chi connectivity index (χ4n) is 3.95. The highest BCUT2D eigenvalue weighted by Gasteiger charge is 2.37. The number of carbonyl (C=O) groups excluding carboxylic acids is 2. The largest absolute Gasteiger partial charge is 0.467 e. The molecule has 1 aliphatic rings. The number of imidazole rings is 1. The van der Waals surface area contributed by atoms with Gasteiger partial charge in [-0.25, -0.2) is 19.0 Å². The molecule has 1 unspecified atom stereocenters. The average Bonchev–Trinajstić information content (AvgIpc) is 3.27. The molecule has 1 aromatic heterocycles. The standard InChI is InChI=1S/C23H22ClFN4O3/c1-32-22(30)19(11-14-5-3-2-4-6-14)28-23(31)29-10-9-18-20(27-13-26-18)21(29)16-8-7-15(24)12-17(16)25/h2-8,12-13,19,21H,9-11H2,1H3,(H,26,27)(H,28,31)/t19-,21?/m0/s1. The van der Waals surface area contributed by atoms with Gasteiger partial charge in [0.15, 0.2) is 0 Å². The summed E-state index contributed by atoms with van der Waals surface area (Å²) in [5, 5.41) is 3.02. The molecule has 4 rings (SSSR count). The van der Waals surface area contributed by atoms with Crippen LogP contribution in [-0.2, 0) is 22.4 Å². The van der Waals surface area contributed by atoms with Gasteiger partial charge in [0.2, 0.25) is 0 Å². The summed E-state index contributed by atoms with van der Waals surface area (Å²) < 4.78 is 19.7. The van der Waals surface area contributed by atoms with E-state index < -0.39 is 29.9 Å². The van der Waals surface area contributed by atoms with Crippen LogP contribution in [0.15, 0.2) is 54.9 Å². The second kappa shape index (κ2) is 9.40.